The fraction of sp³-hybridized carbons (Fsp3) is 0.0769. The Morgan fingerprint density at radius 1 is 0.586 bits per heavy atom. The van der Waals surface area contributed by atoms with Gasteiger partial charge in [-0.15, -0.1) is 0 Å². The first-order valence-corrected chi connectivity index (χ1v) is 14.8. The SMILES string of the molecule is CC(c1cccc(Br)c1)P(Br)(c1ccccc1)(c1ccccc1)c1ccccc1. The van der Waals surface area contributed by atoms with Crippen LogP contribution in [0.5, 0.6) is 0 Å². The van der Waals surface area contributed by atoms with E-state index in [-0.39, 0.29) is 5.66 Å². The number of rotatable bonds is 5. The molecule has 0 nitrogen and oxygen atoms in total. The van der Waals surface area contributed by atoms with Crippen molar-refractivity contribution in [2.45, 2.75) is 12.6 Å². The predicted molar refractivity (Wildman–Crippen MR) is 137 cm³/mol. The zero-order valence-corrected chi connectivity index (χ0v) is 20.3. The fourth-order valence-electron chi connectivity index (χ4n) is 4.32. The van der Waals surface area contributed by atoms with Crippen molar-refractivity contribution in [3.8, 4) is 0 Å². The average molecular weight is 526 g/mol. The molecule has 4 aromatic rings. The molecule has 0 heterocycles. The summed E-state index contributed by atoms with van der Waals surface area (Å²) in [5.74, 6) is 0. The van der Waals surface area contributed by atoms with Crippen molar-refractivity contribution >= 4 is 52.6 Å². The van der Waals surface area contributed by atoms with Gasteiger partial charge in [-0.05, 0) is 0 Å². The average Bonchev–Trinajstić information content (AvgIpc) is 2.80. The maximum atomic E-state index is 4.56. The number of halogens is 2. The first kappa shape index (κ1) is 20.5. The van der Waals surface area contributed by atoms with Gasteiger partial charge in [-0.2, -0.15) is 0 Å². The van der Waals surface area contributed by atoms with E-state index in [1.54, 1.807) is 0 Å². The quantitative estimate of drug-likeness (QED) is 0.239. The van der Waals surface area contributed by atoms with Crippen LogP contribution in [0.25, 0.3) is 0 Å². The van der Waals surface area contributed by atoms with Gasteiger partial charge >= 0.3 is 191 Å². The van der Waals surface area contributed by atoms with E-state index in [9.17, 15) is 0 Å². The second kappa shape index (κ2) is 8.19. The third kappa shape index (κ3) is 3.32. The molecule has 0 fully saturated rings. The van der Waals surface area contributed by atoms with Gasteiger partial charge in [-0.25, -0.2) is 0 Å². The second-order valence-corrected chi connectivity index (χ2v) is 17.1. The molecule has 3 heteroatoms. The Balaban J connectivity index is 2.16. The van der Waals surface area contributed by atoms with Crippen molar-refractivity contribution in [3.05, 3.63) is 125 Å². The van der Waals surface area contributed by atoms with Gasteiger partial charge in [-0.1, -0.05) is 0 Å². The van der Waals surface area contributed by atoms with Gasteiger partial charge in [-0.3, -0.25) is 0 Å². The van der Waals surface area contributed by atoms with Crippen LogP contribution in [0.3, 0.4) is 0 Å². The van der Waals surface area contributed by atoms with Crippen LogP contribution < -0.4 is 15.9 Å². The Labute approximate surface area is 189 Å². The Morgan fingerprint density at radius 2 is 1.00 bits per heavy atom. The summed E-state index contributed by atoms with van der Waals surface area (Å²) in [7, 11) is 0. The number of hydrogen-bond acceptors (Lipinski definition) is 0. The zero-order chi connectivity index (χ0) is 20.3. The molecule has 0 radical (unpaired) electrons. The molecular formula is C26H23Br2P. The van der Waals surface area contributed by atoms with E-state index in [1.807, 2.05) is 0 Å². The molecule has 0 saturated heterocycles. The molecule has 0 aromatic heterocycles. The van der Waals surface area contributed by atoms with Crippen molar-refractivity contribution in [3.63, 3.8) is 0 Å². The Bertz CT molecular complexity index is 996. The van der Waals surface area contributed by atoms with E-state index < -0.39 is 5.31 Å². The van der Waals surface area contributed by atoms with Crippen LogP contribution in [0.15, 0.2) is 120 Å². The Morgan fingerprint density at radius 3 is 1.38 bits per heavy atom. The van der Waals surface area contributed by atoms with Crippen LogP contribution in [0.1, 0.15) is 18.1 Å². The van der Waals surface area contributed by atoms with Crippen molar-refractivity contribution in [1.29, 1.82) is 0 Å². The molecule has 0 aliphatic rings. The molecule has 4 rings (SSSR count). The standard InChI is InChI=1S/C26H23Br2P/c1-21(22-12-11-13-23(27)20-22)29(28,24-14-5-2-6-15-24,25-16-7-3-8-17-25)26-18-9-4-10-19-26/h2-21H,1H3. The monoisotopic (exact) mass is 524 g/mol. The summed E-state index contributed by atoms with van der Waals surface area (Å²) in [5, 5.41) is 0.989. The van der Waals surface area contributed by atoms with Gasteiger partial charge < -0.3 is 0 Å². The normalized spacial score (nSPS) is 14.0. The summed E-state index contributed by atoms with van der Waals surface area (Å²) < 4.78 is 1.11. The van der Waals surface area contributed by atoms with Crippen molar-refractivity contribution in [2.24, 2.45) is 0 Å². The minimum absolute atomic E-state index is 0.228. The topological polar surface area (TPSA) is 0 Å². The van der Waals surface area contributed by atoms with Gasteiger partial charge in [0, 0.05) is 0 Å². The Hall–Kier alpha value is -1.73. The fourth-order valence-corrected chi connectivity index (χ4v) is 12.8. The van der Waals surface area contributed by atoms with E-state index >= 15 is 0 Å². The van der Waals surface area contributed by atoms with Gasteiger partial charge in [0.25, 0.3) is 0 Å². The summed E-state index contributed by atoms with van der Waals surface area (Å²) in [6.07, 6.45) is 0. The van der Waals surface area contributed by atoms with Gasteiger partial charge in [0.2, 0.25) is 0 Å². The van der Waals surface area contributed by atoms with Gasteiger partial charge in [0.05, 0.1) is 0 Å². The van der Waals surface area contributed by atoms with E-state index in [0.29, 0.717) is 0 Å². The summed E-state index contributed by atoms with van der Waals surface area (Å²) in [6, 6.07) is 41.6. The van der Waals surface area contributed by atoms with Crippen LogP contribution >= 0.6 is 36.7 Å². The number of benzene rings is 4. The van der Waals surface area contributed by atoms with E-state index in [4.69, 9.17) is 0 Å². The number of hydrogen-bond donors (Lipinski definition) is 0. The van der Waals surface area contributed by atoms with Crippen molar-refractivity contribution < 1.29 is 0 Å². The molecule has 0 aliphatic heterocycles. The molecule has 146 valence electrons. The van der Waals surface area contributed by atoms with Crippen LogP contribution in [0.4, 0.5) is 0 Å². The molecule has 0 bridgehead atoms. The molecular weight excluding hydrogens is 503 g/mol. The van der Waals surface area contributed by atoms with Gasteiger partial charge in [0.1, 0.15) is 0 Å². The molecule has 4 aromatic carbocycles. The first-order valence-electron chi connectivity index (χ1n) is 9.71. The summed E-state index contributed by atoms with van der Waals surface area (Å²) in [4.78, 5) is 0. The van der Waals surface area contributed by atoms with Gasteiger partial charge in [0.15, 0.2) is 0 Å². The third-order valence-electron chi connectivity index (χ3n) is 5.84. The van der Waals surface area contributed by atoms with Crippen molar-refractivity contribution in [2.75, 3.05) is 0 Å². The molecule has 1 atom stereocenters. The summed E-state index contributed by atoms with van der Waals surface area (Å²) in [6.45, 7) is 2.36. The maximum absolute atomic E-state index is 4.56. The molecule has 0 spiro atoms. The minimum atomic E-state index is -3.02. The van der Waals surface area contributed by atoms with Crippen molar-refractivity contribution in [1.82, 2.24) is 0 Å². The summed E-state index contributed by atoms with van der Waals surface area (Å²) in [5.41, 5.74) is 1.54. The van der Waals surface area contributed by atoms with E-state index in [2.05, 4.69) is 154 Å². The molecule has 29 heavy (non-hydrogen) atoms. The molecule has 0 amide bonds. The van der Waals surface area contributed by atoms with Crippen LogP contribution in [-0.4, -0.2) is 0 Å². The van der Waals surface area contributed by atoms with Crippen LogP contribution in [-0.2, 0) is 0 Å². The third-order valence-corrected chi connectivity index (χ3v) is 17.5. The molecule has 1 unspecified atom stereocenters. The molecule has 0 aliphatic carbocycles. The first-order chi connectivity index (χ1) is 14.1. The van der Waals surface area contributed by atoms with Crippen LogP contribution in [0.2, 0.25) is 0 Å². The zero-order valence-electron chi connectivity index (χ0n) is 16.3. The molecule has 0 N–H and O–H groups in total. The van der Waals surface area contributed by atoms with E-state index in [0.717, 1.165) is 4.47 Å². The van der Waals surface area contributed by atoms with Crippen LogP contribution in [0, 0.1) is 0 Å². The van der Waals surface area contributed by atoms with E-state index in [1.165, 1.54) is 21.5 Å². The second-order valence-electron chi connectivity index (χ2n) is 7.31. The summed E-state index contributed by atoms with van der Waals surface area (Å²) >= 11 is 8.24. The predicted octanol–water partition coefficient (Wildman–Crippen LogP) is 7.35. The molecule has 0 saturated carbocycles. The Kier molecular flexibility index (Phi) is 5.80.